The van der Waals surface area contributed by atoms with Gasteiger partial charge in [-0.15, -0.1) is 0 Å². The highest BCUT2D eigenvalue weighted by molar-refractivity contribution is 5.79. The molecule has 4 heteroatoms. The Balaban J connectivity index is 2.12. The molecule has 1 unspecified atom stereocenters. The SMILES string of the molecule is Nc1cnn(C2CCCC(=O)C2)c1. The van der Waals surface area contributed by atoms with Crippen LogP contribution in [0.3, 0.4) is 0 Å². The Morgan fingerprint density at radius 3 is 3.08 bits per heavy atom. The van der Waals surface area contributed by atoms with Crippen LogP contribution < -0.4 is 5.73 Å². The molecule has 1 aliphatic rings. The molecule has 2 rings (SSSR count). The number of nitrogen functional groups attached to an aromatic ring is 1. The van der Waals surface area contributed by atoms with Crippen molar-refractivity contribution in [1.29, 1.82) is 0 Å². The molecular weight excluding hydrogens is 166 g/mol. The van der Waals surface area contributed by atoms with Gasteiger partial charge >= 0.3 is 0 Å². The first-order chi connectivity index (χ1) is 6.25. The molecule has 1 aromatic heterocycles. The number of Topliss-reactive ketones (excluding diaryl/α,β-unsaturated/α-hetero) is 1. The summed E-state index contributed by atoms with van der Waals surface area (Å²) in [5.74, 6) is 0.338. The first-order valence-electron chi connectivity index (χ1n) is 4.57. The fraction of sp³-hybridized carbons (Fsp3) is 0.556. The van der Waals surface area contributed by atoms with Crippen LogP contribution >= 0.6 is 0 Å². The first-order valence-corrected chi connectivity index (χ1v) is 4.57. The van der Waals surface area contributed by atoms with Crippen molar-refractivity contribution in [2.75, 3.05) is 5.73 Å². The van der Waals surface area contributed by atoms with Crippen molar-refractivity contribution in [2.24, 2.45) is 0 Å². The number of aromatic nitrogens is 2. The van der Waals surface area contributed by atoms with Gasteiger partial charge in [0.25, 0.3) is 0 Å². The van der Waals surface area contributed by atoms with Gasteiger partial charge in [0.2, 0.25) is 0 Å². The lowest BCUT2D eigenvalue weighted by atomic mass is 9.94. The Kier molecular flexibility index (Phi) is 2.04. The standard InChI is InChI=1S/C9H13N3O/c10-7-5-11-12(6-7)8-2-1-3-9(13)4-8/h5-6,8H,1-4,10H2. The zero-order valence-corrected chi connectivity index (χ0v) is 7.44. The number of nitrogens with zero attached hydrogens (tertiary/aromatic N) is 2. The maximum absolute atomic E-state index is 11.2. The van der Waals surface area contributed by atoms with Crippen molar-refractivity contribution >= 4 is 11.5 Å². The van der Waals surface area contributed by atoms with Gasteiger partial charge in [-0.1, -0.05) is 0 Å². The molecule has 1 heterocycles. The van der Waals surface area contributed by atoms with Gasteiger partial charge < -0.3 is 5.73 Å². The average molecular weight is 179 g/mol. The first kappa shape index (κ1) is 8.29. The lowest BCUT2D eigenvalue weighted by Gasteiger charge is -2.20. The predicted molar refractivity (Wildman–Crippen MR) is 49.2 cm³/mol. The van der Waals surface area contributed by atoms with Crippen molar-refractivity contribution in [2.45, 2.75) is 31.7 Å². The number of hydrogen-bond acceptors (Lipinski definition) is 3. The fourth-order valence-corrected chi connectivity index (χ4v) is 1.78. The van der Waals surface area contributed by atoms with E-state index in [-0.39, 0.29) is 6.04 Å². The number of rotatable bonds is 1. The summed E-state index contributed by atoms with van der Waals surface area (Å²) >= 11 is 0. The third-order valence-corrected chi connectivity index (χ3v) is 2.45. The number of anilines is 1. The molecule has 0 radical (unpaired) electrons. The van der Waals surface area contributed by atoms with Gasteiger partial charge in [-0.2, -0.15) is 5.10 Å². The highest BCUT2D eigenvalue weighted by atomic mass is 16.1. The van der Waals surface area contributed by atoms with Gasteiger partial charge in [0.05, 0.1) is 17.9 Å². The summed E-state index contributed by atoms with van der Waals surface area (Å²) in [6.07, 6.45) is 6.77. The molecule has 2 N–H and O–H groups in total. The Bertz CT molecular complexity index is 318. The second kappa shape index (κ2) is 3.20. The molecule has 0 bridgehead atoms. The van der Waals surface area contributed by atoms with Gasteiger partial charge in [-0.05, 0) is 12.8 Å². The summed E-state index contributed by atoms with van der Waals surface area (Å²) in [5.41, 5.74) is 6.22. The Hall–Kier alpha value is -1.32. The maximum atomic E-state index is 11.2. The van der Waals surface area contributed by atoms with Gasteiger partial charge in [-0.25, -0.2) is 0 Å². The molecule has 4 nitrogen and oxygen atoms in total. The molecular formula is C9H13N3O. The highest BCUT2D eigenvalue weighted by Crippen LogP contribution is 2.25. The molecule has 1 aliphatic carbocycles. The van der Waals surface area contributed by atoms with E-state index in [0.29, 0.717) is 17.9 Å². The topological polar surface area (TPSA) is 60.9 Å². The summed E-state index contributed by atoms with van der Waals surface area (Å²) in [7, 11) is 0. The van der Waals surface area contributed by atoms with Gasteiger partial charge in [-0.3, -0.25) is 9.48 Å². The number of hydrogen-bond donors (Lipinski definition) is 1. The fourth-order valence-electron chi connectivity index (χ4n) is 1.78. The molecule has 70 valence electrons. The van der Waals surface area contributed by atoms with Crippen LogP contribution in [-0.2, 0) is 4.79 Å². The van der Waals surface area contributed by atoms with Crippen LogP contribution in [0.25, 0.3) is 0 Å². The van der Waals surface area contributed by atoms with E-state index in [0.717, 1.165) is 19.3 Å². The smallest absolute Gasteiger partial charge is 0.135 e. The van der Waals surface area contributed by atoms with Crippen molar-refractivity contribution in [3.8, 4) is 0 Å². The zero-order chi connectivity index (χ0) is 9.26. The predicted octanol–water partition coefficient (Wildman–Crippen LogP) is 1.15. The second-order valence-electron chi connectivity index (χ2n) is 3.54. The molecule has 13 heavy (non-hydrogen) atoms. The van der Waals surface area contributed by atoms with Crippen molar-refractivity contribution in [3.63, 3.8) is 0 Å². The molecule has 1 atom stereocenters. The number of ketones is 1. The van der Waals surface area contributed by atoms with Crippen molar-refractivity contribution in [1.82, 2.24) is 9.78 Å². The van der Waals surface area contributed by atoms with E-state index in [1.807, 2.05) is 4.68 Å². The Labute approximate surface area is 76.7 Å². The van der Waals surface area contributed by atoms with Crippen LogP contribution in [0.5, 0.6) is 0 Å². The van der Waals surface area contributed by atoms with Gasteiger partial charge in [0.15, 0.2) is 0 Å². The Morgan fingerprint density at radius 2 is 2.46 bits per heavy atom. The monoisotopic (exact) mass is 179 g/mol. The van der Waals surface area contributed by atoms with E-state index in [9.17, 15) is 4.79 Å². The van der Waals surface area contributed by atoms with Crippen LogP contribution in [-0.4, -0.2) is 15.6 Å². The molecule has 1 aromatic rings. The highest BCUT2D eigenvalue weighted by Gasteiger charge is 2.21. The lowest BCUT2D eigenvalue weighted by molar-refractivity contribution is -0.121. The molecule has 0 saturated heterocycles. The van der Waals surface area contributed by atoms with E-state index >= 15 is 0 Å². The third-order valence-electron chi connectivity index (χ3n) is 2.45. The molecule has 1 saturated carbocycles. The molecule has 0 spiro atoms. The molecule has 0 amide bonds. The van der Waals surface area contributed by atoms with E-state index < -0.39 is 0 Å². The molecule has 0 aromatic carbocycles. The number of carbonyl (C=O) groups is 1. The minimum Gasteiger partial charge on any atom is -0.396 e. The summed E-state index contributed by atoms with van der Waals surface area (Å²) in [6, 6.07) is 0.235. The van der Waals surface area contributed by atoms with Gasteiger partial charge in [0, 0.05) is 19.0 Å². The normalized spacial score (nSPS) is 23.4. The summed E-state index contributed by atoms with van der Waals surface area (Å²) < 4.78 is 1.81. The third kappa shape index (κ3) is 1.71. The van der Waals surface area contributed by atoms with E-state index in [1.54, 1.807) is 12.4 Å². The van der Waals surface area contributed by atoms with E-state index in [2.05, 4.69) is 5.10 Å². The average Bonchev–Trinajstić information content (AvgIpc) is 2.52. The van der Waals surface area contributed by atoms with Crippen molar-refractivity contribution in [3.05, 3.63) is 12.4 Å². The van der Waals surface area contributed by atoms with Crippen LogP contribution in [0, 0.1) is 0 Å². The van der Waals surface area contributed by atoms with Crippen LogP contribution in [0.1, 0.15) is 31.7 Å². The minimum absolute atomic E-state index is 0.235. The number of nitrogens with two attached hydrogens (primary N) is 1. The number of carbonyl (C=O) groups excluding carboxylic acids is 1. The van der Waals surface area contributed by atoms with Gasteiger partial charge in [0.1, 0.15) is 5.78 Å². The largest absolute Gasteiger partial charge is 0.396 e. The van der Waals surface area contributed by atoms with Crippen LogP contribution in [0.4, 0.5) is 5.69 Å². The summed E-state index contributed by atoms with van der Waals surface area (Å²) in [5, 5.41) is 4.11. The quantitative estimate of drug-likeness (QED) is 0.703. The molecule has 1 fully saturated rings. The van der Waals surface area contributed by atoms with Crippen molar-refractivity contribution < 1.29 is 4.79 Å². The minimum atomic E-state index is 0.235. The van der Waals surface area contributed by atoms with E-state index in [1.165, 1.54) is 0 Å². The second-order valence-corrected chi connectivity index (χ2v) is 3.54. The lowest BCUT2D eigenvalue weighted by Crippen LogP contribution is -2.19. The van der Waals surface area contributed by atoms with Crippen LogP contribution in [0.2, 0.25) is 0 Å². The van der Waals surface area contributed by atoms with Crippen LogP contribution in [0.15, 0.2) is 12.4 Å². The summed E-state index contributed by atoms with van der Waals surface area (Å²) in [6.45, 7) is 0. The zero-order valence-electron chi connectivity index (χ0n) is 7.44. The maximum Gasteiger partial charge on any atom is 0.135 e. The molecule has 0 aliphatic heterocycles. The van der Waals surface area contributed by atoms with E-state index in [4.69, 9.17) is 5.73 Å². The Morgan fingerprint density at radius 1 is 1.62 bits per heavy atom. The summed E-state index contributed by atoms with van der Waals surface area (Å²) in [4.78, 5) is 11.2.